The van der Waals surface area contributed by atoms with Gasteiger partial charge in [0.15, 0.2) is 5.82 Å². The molecule has 2 heterocycles. The summed E-state index contributed by atoms with van der Waals surface area (Å²) in [5.41, 5.74) is 2.16. The van der Waals surface area contributed by atoms with Gasteiger partial charge < -0.3 is 19.4 Å². The van der Waals surface area contributed by atoms with E-state index in [1.807, 2.05) is 60.5 Å². The van der Waals surface area contributed by atoms with Crippen molar-refractivity contribution in [3.63, 3.8) is 0 Å². The number of para-hydroxylation sites is 3. The molecule has 3 aromatic rings. The van der Waals surface area contributed by atoms with Gasteiger partial charge in [0, 0.05) is 38.9 Å². The summed E-state index contributed by atoms with van der Waals surface area (Å²) in [5, 5.41) is 8.39. The van der Waals surface area contributed by atoms with Crippen molar-refractivity contribution in [2.24, 2.45) is 0 Å². The second kappa shape index (κ2) is 8.12. The van der Waals surface area contributed by atoms with Crippen molar-refractivity contribution >= 4 is 23.1 Å². The van der Waals surface area contributed by atoms with Crippen LogP contribution in [-0.4, -0.2) is 55.5 Å². The second-order valence-corrected chi connectivity index (χ2v) is 6.66. The van der Waals surface area contributed by atoms with Gasteiger partial charge in [0.2, 0.25) is 0 Å². The Morgan fingerprint density at radius 2 is 1.57 bits per heavy atom. The summed E-state index contributed by atoms with van der Waals surface area (Å²) >= 11 is 0. The van der Waals surface area contributed by atoms with E-state index in [1.54, 1.807) is 13.3 Å². The van der Waals surface area contributed by atoms with Crippen LogP contribution in [0.3, 0.4) is 0 Å². The molecule has 0 unspecified atom stereocenters. The average Bonchev–Trinajstić information content (AvgIpc) is 2.79. The van der Waals surface area contributed by atoms with E-state index in [0.29, 0.717) is 5.95 Å². The monoisotopic (exact) mass is 376 g/mol. The molecule has 0 bridgehead atoms. The van der Waals surface area contributed by atoms with E-state index in [-0.39, 0.29) is 0 Å². The zero-order valence-electron chi connectivity index (χ0n) is 16.2. The topological polar surface area (TPSA) is 57.6 Å². The fourth-order valence-corrected chi connectivity index (χ4v) is 3.41. The number of ether oxygens (including phenoxy) is 1. The number of rotatable bonds is 5. The number of nitrogens with zero attached hydrogens (tertiary/aromatic N) is 6. The van der Waals surface area contributed by atoms with Gasteiger partial charge in [0.1, 0.15) is 5.75 Å². The molecule has 1 aliphatic heterocycles. The summed E-state index contributed by atoms with van der Waals surface area (Å²) in [4.78, 5) is 11.3. The Bertz CT molecular complexity index is 912. The Hall–Kier alpha value is -3.35. The van der Waals surface area contributed by atoms with E-state index in [4.69, 9.17) is 9.72 Å². The first kappa shape index (κ1) is 18.0. The molecular weight excluding hydrogens is 352 g/mol. The highest BCUT2D eigenvalue weighted by Crippen LogP contribution is 2.29. The molecule has 7 heteroatoms. The van der Waals surface area contributed by atoms with E-state index in [9.17, 15) is 0 Å². The maximum absolute atomic E-state index is 5.50. The first-order valence-electron chi connectivity index (χ1n) is 9.37. The van der Waals surface area contributed by atoms with Crippen LogP contribution in [0, 0.1) is 0 Å². The van der Waals surface area contributed by atoms with Crippen LogP contribution in [0.25, 0.3) is 0 Å². The molecule has 4 rings (SSSR count). The van der Waals surface area contributed by atoms with Crippen LogP contribution in [0.2, 0.25) is 0 Å². The highest BCUT2D eigenvalue weighted by atomic mass is 16.5. The normalized spacial score (nSPS) is 14.1. The Morgan fingerprint density at radius 3 is 2.32 bits per heavy atom. The lowest BCUT2D eigenvalue weighted by atomic mass is 10.2. The molecule has 1 aliphatic rings. The molecule has 0 N–H and O–H groups in total. The first-order chi connectivity index (χ1) is 13.8. The number of hydrogen-bond donors (Lipinski definition) is 0. The van der Waals surface area contributed by atoms with E-state index < -0.39 is 0 Å². The fraction of sp³-hybridized carbons (Fsp3) is 0.286. The summed E-state index contributed by atoms with van der Waals surface area (Å²) < 4.78 is 5.50. The zero-order chi connectivity index (χ0) is 19.3. The zero-order valence-corrected chi connectivity index (χ0v) is 16.2. The van der Waals surface area contributed by atoms with Crippen LogP contribution >= 0.6 is 0 Å². The first-order valence-corrected chi connectivity index (χ1v) is 9.37. The Balaban J connectivity index is 1.47. The molecule has 144 valence electrons. The summed E-state index contributed by atoms with van der Waals surface area (Å²) in [7, 11) is 3.67. The van der Waals surface area contributed by atoms with Crippen LogP contribution in [-0.2, 0) is 0 Å². The predicted molar refractivity (Wildman–Crippen MR) is 112 cm³/mol. The van der Waals surface area contributed by atoms with Gasteiger partial charge in [-0.25, -0.2) is 0 Å². The summed E-state index contributed by atoms with van der Waals surface area (Å²) in [6, 6.07) is 18.2. The molecule has 0 spiro atoms. The fourth-order valence-electron chi connectivity index (χ4n) is 3.41. The third kappa shape index (κ3) is 3.69. The standard InChI is InChI=1S/C21H24N6O/c1-25(17-8-4-3-5-9-17)21-23-20(16-22-24-21)27-14-12-26(13-15-27)18-10-6-7-11-19(18)28-2/h3-11,16H,12-15H2,1-2H3. The molecule has 0 saturated carbocycles. The van der Waals surface area contributed by atoms with Crippen LogP contribution in [0.5, 0.6) is 5.75 Å². The van der Waals surface area contributed by atoms with Gasteiger partial charge in [0.25, 0.3) is 5.95 Å². The smallest absolute Gasteiger partial charge is 0.251 e. The van der Waals surface area contributed by atoms with Crippen LogP contribution in [0.1, 0.15) is 0 Å². The molecule has 28 heavy (non-hydrogen) atoms. The predicted octanol–water partition coefficient (Wildman–Crippen LogP) is 2.97. The van der Waals surface area contributed by atoms with Crippen LogP contribution in [0.15, 0.2) is 60.8 Å². The summed E-state index contributed by atoms with van der Waals surface area (Å²) in [6.07, 6.45) is 1.74. The lowest BCUT2D eigenvalue weighted by Gasteiger charge is -2.37. The quantitative estimate of drug-likeness (QED) is 0.678. The summed E-state index contributed by atoms with van der Waals surface area (Å²) in [6.45, 7) is 3.53. The molecule has 0 atom stereocenters. The Kier molecular flexibility index (Phi) is 5.23. The molecule has 0 amide bonds. The third-order valence-corrected chi connectivity index (χ3v) is 5.01. The molecule has 7 nitrogen and oxygen atoms in total. The number of methoxy groups -OCH3 is 1. The number of piperazine rings is 1. The van der Waals surface area contributed by atoms with Crippen molar-refractivity contribution in [3.05, 3.63) is 60.8 Å². The van der Waals surface area contributed by atoms with Gasteiger partial charge in [-0.15, -0.1) is 5.10 Å². The van der Waals surface area contributed by atoms with Gasteiger partial charge in [-0.2, -0.15) is 10.1 Å². The number of anilines is 4. The van der Waals surface area contributed by atoms with Crippen molar-refractivity contribution < 1.29 is 4.74 Å². The van der Waals surface area contributed by atoms with E-state index in [1.165, 1.54) is 0 Å². The van der Waals surface area contributed by atoms with E-state index >= 15 is 0 Å². The van der Waals surface area contributed by atoms with Gasteiger partial charge in [-0.3, -0.25) is 0 Å². The minimum Gasteiger partial charge on any atom is -0.495 e. The van der Waals surface area contributed by atoms with Crippen molar-refractivity contribution in [2.75, 3.05) is 55.0 Å². The Morgan fingerprint density at radius 1 is 0.893 bits per heavy atom. The van der Waals surface area contributed by atoms with Crippen molar-refractivity contribution in [3.8, 4) is 5.75 Å². The number of aromatic nitrogens is 3. The minimum absolute atomic E-state index is 0.593. The van der Waals surface area contributed by atoms with Crippen LogP contribution in [0.4, 0.5) is 23.1 Å². The van der Waals surface area contributed by atoms with E-state index in [2.05, 4.69) is 26.1 Å². The summed E-state index contributed by atoms with van der Waals surface area (Å²) in [5.74, 6) is 2.36. The molecule has 0 aliphatic carbocycles. The van der Waals surface area contributed by atoms with Gasteiger partial charge in [0.05, 0.1) is 19.0 Å². The lowest BCUT2D eigenvalue weighted by molar-refractivity contribution is 0.413. The Labute approximate surface area is 165 Å². The SMILES string of the molecule is COc1ccccc1N1CCN(c2cnnc(N(C)c3ccccc3)n2)CC1. The van der Waals surface area contributed by atoms with Gasteiger partial charge in [-0.1, -0.05) is 30.3 Å². The molecule has 2 aromatic carbocycles. The maximum Gasteiger partial charge on any atom is 0.251 e. The van der Waals surface area contributed by atoms with Crippen molar-refractivity contribution in [2.45, 2.75) is 0 Å². The number of benzene rings is 2. The van der Waals surface area contributed by atoms with Gasteiger partial charge in [-0.05, 0) is 24.3 Å². The van der Waals surface area contributed by atoms with Crippen molar-refractivity contribution in [1.29, 1.82) is 0 Å². The largest absolute Gasteiger partial charge is 0.495 e. The highest BCUT2D eigenvalue weighted by molar-refractivity contribution is 5.60. The molecule has 0 radical (unpaired) electrons. The van der Waals surface area contributed by atoms with Gasteiger partial charge >= 0.3 is 0 Å². The van der Waals surface area contributed by atoms with Crippen molar-refractivity contribution in [1.82, 2.24) is 15.2 Å². The molecule has 1 fully saturated rings. The molecule has 1 saturated heterocycles. The van der Waals surface area contributed by atoms with E-state index in [0.717, 1.165) is 49.1 Å². The molecular formula is C21H24N6O. The minimum atomic E-state index is 0.593. The highest BCUT2D eigenvalue weighted by Gasteiger charge is 2.21. The average molecular weight is 376 g/mol. The third-order valence-electron chi connectivity index (χ3n) is 5.01. The lowest BCUT2D eigenvalue weighted by Crippen LogP contribution is -2.47. The second-order valence-electron chi connectivity index (χ2n) is 6.66. The molecule has 1 aromatic heterocycles. The maximum atomic E-state index is 5.50. The van der Waals surface area contributed by atoms with Crippen LogP contribution < -0.4 is 19.4 Å². The number of hydrogen-bond acceptors (Lipinski definition) is 7.